The van der Waals surface area contributed by atoms with Gasteiger partial charge in [-0.05, 0) is 32.9 Å². The fourth-order valence-electron chi connectivity index (χ4n) is 1.79. The third-order valence-electron chi connectivity index (χ3n) is 2.90. The van der Waals surface area contributed by atoms with Crippen LogP contribution in [0.15, 0.2) is 35.1 Å². The zero-order valence-corrected chi connectivity index (χ0v) is 12.1. The van der Waals surface area contributed by atoms with E-state index in [1.807, 2.05) is 20.8 Å². The molecular formula is C15H17F3N2O. The van der Waals surface area contributed by atoms with Crippen molar-refractivity contribution in [3.05, 3.63) is 41.9 Å². The van der Waals surface area contributed by atoms with Crippen LogP contribution in [0.5, 0.6) is 0 Å². The molecule has 1 heterocycles. The van der Waals surface area contributed by atoms with Gasteiger partial charge in [-0.1, -0.05) is 12.1 Å². The summed E-state index contributed by atoms with van der Waals surface area (Å²) in [7, 11) is 0. The number of nitrogens with zero attached hydrogens (tertiary/aromatic N) is 1. The molecular weight excluding hydrogens is 281 g/mol. The van der Waals surface area contributed by atoms with Crippen LogP contribution in [0.3, 0.4) is 0 Å². The first kappa shape index (κ1) is 15.6. The van der Waals surface area contributed by atoms with Gasteiger partial charge >= 0.3 is 6.18 Å². The van der Waals surface area contributed by atoms with Gasteiger partial charge in [0.25, 0.3) is 0 Å². The fourth-order valence-corrected chi connectivity index (χ4v) is 1.79. The van der Waals surface area contributed by atoms with E-state index in [0.29, 0.717) is 23.6 Å². The molecule has 6 heteroatoms. The van der Waals surface area contributed by atoms with E-state index in [0.717, 1.165) is 12.1 Å². The van der Waals surface area contributed by atoms with Crippen LogP contribution in [0.4, 0.5) is 13.2 Å². The Labute approximate surface area is 121 Å². The minimum atomic E-state index is -4.34. The first-order chi connectivity index (χ1) is 9.67. The highest BCUT2D eigenvalue weighted by Crippen LogP contribution is 2.31. The predicted molar refractivity (Wildman–Crippen MR) is 73.5 cm³/mol. The molecule has 0 amide bonds. The highest BCUT2D eigenvalue weighted by molar-refractivity contribution is 5.60. The number of nitrogens with one attached hydrogen (secondary N) is 1. The highest BCUT2D eigenvalue weighted by Gasteiger charge is 2.30. The van der Waals surface area contributed by atoms with Crippen molar-refractivity contribution in [1.82, 2.24) is 10.3 Å². The van der Waals surface area contributed by atoms with Crippen molar-refractivity contribution in [2.24, 2.45) is 0 Å². The molecule has 0 saturated heterocycles. The highest BCUT2D eigenvalue weighted by atomic mass is 19.4. The van der Waals surface area contributed by atoms with Gasteiger partial charge in [0, 0.05) is 17.6 Å². The summed E-state index contributed by atoms with van der Waals surface area (Å²) in [5.41, 5.74) is 0.479. The molecule has 0 atom stereocenters. The zero-order chi connectivity index (χ0) is 15.7. The summed E-state index contributed by atoms with van der Waals surface area (Å²) < 4.78 is 43.0. The van der Waals surface area contributed by atoms with Crippen LogP contribution >= 0.6 is 0 Å². The molecule has 0 bridgehead atoms. The Morgan fingerprint density at radius 2 is 1.71 bits per heavy atom. The maximum absolute atomic E-state index is 12.5. The van der Waals surface area contributed by atoms with E-state index in [4.69, 9.17) is 4.42 Å². The largest absolute Gasteiger partial charge is 0.443 e. The number of hydrogen-bond acceptors (Lipinski definition) is 3. The third kappa shape index (κ3) is 4.07. The van der Waals surface area contributed by atoms with E-state index in [9.17, 15) is 13.2 Å². The molecule has 114 valence electrons. The van der Waals surface area contributed by atoms with E-state index < -0.39 is 11.7 Å². The monoisotopic (exact) mass is 298 g/mol. The Balaban J connectivity index is 2.21. The fraction of sp³-hybridized carbons (Fsp3) is 0.400. The maximum atomic E-state index is 12.5. The van der Waals surface area contributed by atoms with Gasteiger partial charge in [-0.3, -0.25) is 0 Å². The number of hydrogen-bond donors (Lipinski definition) is 1. The van der Waals surface area contributed by atoms with Crippen molar-refractivity contribution in [2.75, 3.05) is 0 Å². The van der Waals surface area contributed by atoms with Gasteiger partial charge in [-0.2, -0.15) is 13.2 Å². The van der Waals surface area contributed by atoms with Crippen molar-refractivity contribution in [3.8, 4) is 11.3 Å². The lowest BCUT2D eigenvalue weighted by atomic mass is 10.1. The van der Waals surface area contributed by atoms with Crippen molar-refractivity contribution in [1.29, 1.82) is 0 Å². The van der Waals surface area contributed by atoms with Crippen LogP contribution in [0.2, 0.25) is 0 Å². The number of oxazole rings is 1. The van der Waals surface area contributed by atoms with E-state index in [2.05, 4.69) is 10.3 Å². The summed E-state index contributed by atoms with van der Waals surface area (Å²) >= 11 is 0. The lowest BCUT2D eigenvalue weighted by Crippen LogP contribution is -2.35. The maximum Gasteiger partial charge on any atom is 0.416 e. The summed E-state index contributed by atoms with van der Waals surface area (Å²) in [5, 5.41) is 3.27. The van der Waals surface area contributed by atoms with Crippen molar-refractivity contribution in [3.63, 3.8) is 0 Å². The first-order valence-electron chi connectivity index (χ1n) is 6.52. The van der Waals surface area contributed by atoms with Gasteiger partial charge in [0.1, 0.15) is 5.69 Å². The summed E-state index contributed by atoms with van der Waals surface area (Å²) in [5.74, 6) is 0.487. The quantitative estimate of drug-likeness (QED) is 0.920. The van der Waals surface area contributed by atoms with Crippen LogP contribution in [0, 0.1) is 0 Å². The number of alkyl halides is 3. The second kappa shape index (κ2) is 5.52. The summed E-state index contributed by atoms with van der Waals surface area (Å²) in [6.45, 7) is 6.54. The lowest BCUT2D eigenvalue weighted by Gasteiger charge is -2.19. The van der Waals surface area contributed by atoms with E-state index in [1.165, 1.54) is 18.5 Å². The Bertz CT molecular complexity index is 595. The molecule has 0 saturated carbocycles. The summed E-state index contributed by atoms with van der Waals surface area (Å²) in [6, 6.07) is 4.87. The minimum Gasteiger partial charge on any atom is -0.443 e. The molecule has 1 aromatic heterocycles. The first-order valence-corrected chi connectivity index (χ1v) is 6.52. The molecule has 0 aliphatic heterocycles. The van der Waals surface area contributed by atoms with Gasteiger partial charge in [-0.15, -0.1) is 0 Å². The minimum absolute atomic E-state index is 0.0869. The second-order valence-electron chi connectivity index (χ2n) is 5.81. The Morgan fingerprint density at radius 3 is 2.24 bits per heavy atom. The van der Waals surface area contributed by atoms with E-state index in [-0.39, 0.29) is 5.54 Å². The average molecular weight is 298 g/mol. The average Bonchev–Trinajstić information content (AvgIpc) is 2.83. The smallest absolute Gasteiger partial charge is 0.416 e. The number of rotatable bonds is 3. The molecule has 0 aliphatic carbocycles. The van der Waals surface area contributed by atoms with Gasteiger partial charge in [0.15, 0.2) is 12.2 Å². The van der Waals surface area contributed by atoms with Crippen LogP contribution in [-0.4, -0.2) is 10.5 Å². The van der Waals surface area contributed by atoms with Gasteiger partial charge in [0.05, 0.1) is 5.56 Å². The Morgan fingerprint density at radius 1 is 1.10 bits per heavy atom. The normalized spacial score (nSPS) is 12.7. The summed E-state index contributed by atoms with van der Waals surface area (Å²) in [4.78, 5) is 4.12. The van der Waals surface area contributed by atoms with Crippen LogP contribution in [-0.2, 0) is 12.7 Å². The molecule has 0 radical (unpaired) electrons. The topological polar surface area (TPSA) is 38.1 Å². The van der Waals surface area contributed by atoms with Crippen molar-refractivity contribution >= 4 is 0 Å². The number of aromatic nitrogens is 1. The Kier molecular flexibility index (Phi) is 4.09. The lowest BCUT2D eigenvalue weighted by molar-refractivity contribution is -0.137. The second-order valence-corrected chi connectivity index (χ2v) is 5.81. The third-order valence-corrected chi connectivity index (χ3v) is 2.90. The molecule has 1 aromatic carbocycles. The zero-order valence-electron chi connectivity index (χ0n) is 12.1. The summed E-state index contributed by atoms with van der Waals surface area (Å²) in [6.07, 6.45) is -3.04. The van der Waals surface area contributed by atoms with Crippen molar-refractivity contribution < 1.29 is 17.6 Å². The molecule has 0 fully saturated rings. The number of halogens is 3. The van der Waals surface area contributed by atoms with Crippen molar-refractivity contribution in [2.45, 2.75) is 39.0 Å². The molecule has 1 N–H and O–H groups in total. The molecule has 21 heavy (non-hydrogen) atoms. The van der Waals surface area contributed by atoms with Crippen LogP contribution < -0.4 is 5.32 Å². The molecule has 3 nitrogen and oxygen atoms in total. The predicted octanol–water partition coefficient (Wildman–Crippen LogP) is 4.25. The van der Waals surface area contributed by atoms with Crippen LogP contribution in [0.1, 0.15) is 32.0 Å². The van der Waals surface area contributed by atoms with Crippen LogP contribution in [0.25, 0.3) is 11.3 Å². The van der Waals surface area contributed by atoms with Gasteiger partial charge < -0.3 is 9.73 Å². The van der Waals surface area contributed by atoms with Gasteiger partial charge in [0.2, 0.25) is 0 Å². The standard InChI is InChI=1S/C15H17F3N2O/c1-14(2,3)20-8-12-13(21-9-19-12)10-4-6-11(7-5-10)15(16,17)18/h4-7,9,20H,8H2,1-3H3. The number of benzene rings is 1. The van der Waals surface area contributed by atoms with Gasteiger partial charge in [-0.25, -0.2) is 4.98 Å². The molecule has 2 rings (SSSR count). The Hall–Kier alpha value is -1.82. The van der Waals surface area contributed by atoms with E-state index in [1.54, 1.807) is 0 Å². The molecule has 0 spiro atoms. The molecule has 0 aliphatic rings. The molecule has 0 unspecified atom stereocenters. The SMILES string of the molecule is CC(C)(C)NCc1ncoc1-c1ccc(C(F)(F)F)cc1. The molecule has 2 aromatic rings. The van der Waals surface area contributed by atoms with E-state index >= 15 is 0 Å².